The van der Waals surface area contributed by atoms with Crippen molar-refractivity contribution in [3.05, 3.63) is 119 Å². The second-order valence-electron chi connectivity index (χ2n) is 10.5. The van der Waals surface area contributed by atoms with Crippen molar-refractivity contribution in [3.8, 4) is 17.2 Å². The van der Waals surface area contributed by atoms with Gasteiger partial charge in [0.15, 0.2) is 29.0 Å². The first-order valence-electron chi connectivity index (χ1n) is 14.4. The minimum Gasteiger partial charge on any atom is -0.493 e. The van der Waals surface area contributed by atoms with Gasteiger partial charge in [-0.15, -0.1) is 0 Å². The van der Waals surface area contributed by atoms with E-state index in [1.54, 1.807) is 14.2 Å². The molecule has 1 N–H and O–H groups in total. The quantitative estimate of drug-likeness (QED) is 0.229. The number of aliphatic imine (C=N–C) groups is 2. The lowest BCUT2D eigenvalue weighted by atomic mass is 9.92. The van der Waals surface area contributed by atoms with Crippen molar-refractivity contribution in [1.82, 2.24) is 9.78 Å². The maximum Gasteiger partial charge on any atom is 0.179 e. The van der Waals surface area contributed by atoms with Crippen LogP contribution < -0.4 is 19.7 Å². The molecule has 7 rings (SSSR count). The minimum absolute atomic E-state index is 0.332. The molecule has 214 valence electrons. The second-order valence-corrected chi connectivity index (χ2v) is 10.5. The summed E-state index contributed by atoms with van der Waals surface area (Å²) in [5.41, 5.74) is 7.73. The molecule has 0 unspecified atom stereocenters. The number of aryl methyl sites for hydroxylation is 2. The predicted molar refractivity (Wildman–Crippen MR) is 172 cm³/mol. The van der Waals surface area contributed by atoms with E-state index in [0.29, 0.717) is 23.2 Å². The lowest BCUT2D eigenvalue weighted by Crippen LogP contribution is -2.46. The Morgan fingerprint density at radius 2 is 1.58 bits per heavy atom. The van der Waals surface area contributed by atoms with Gasteiger partial charge in [0.05, 0.1) is 43.0 Å². The number of anilines is 2. The van der Waals surface area contributed by atoms with Crippen LogP contribution >= 0.6 is 0 Å². The van der Waals surface area contributed by atoms with E-state index in [0.717, 1.165) is 51.8 Å². The number of rotatable bonds is 6. The number of methoxy groups -OCH3 is 2. The lowest BCUT2D eigenvalue weighted by Gasteiger charge is -2.41. The summed E-state index contributed by atoms with van der Waals surface area (Å²) in [5, 5.41) is 8.61. The van der Waals surface area contributed by atoms with E-state index in [4.69, 9.17) is 24.6 Å². The van der Waals surface area contributed by atoms with Crippen LogP contribution in [0, 0.1) is 6.92 Å². The van der Waals surface area contributed by atoms with Crippen LogP contribution in [0.2, 0.25) is 0 Å². The topological polar surface area (TPSA) is 76.3 Å². The maximum absolute atomic E-state index is 6.01. The molecule has 3 heterocycles. The van der Waals surface area contributed by atoms with Gasteiger partial charge in [0.25, 0.3) is 0 Å². The fourth-order valence-electron chi connectivity index (χ4n) is 5.93. The van der Waals surface area contributed by atoms with Crippen molar-refractivity contribution < 1.29 is 9.47 Å². The lowest BCUT2D eigenvalue weighted by molar-refractivity contribution is 0.350. The van der Waals surface area contributed by atoms with Crippen molar-refractivity contribution in [2.45, 2.75) is 26.3 Å². The highest BCUT2D eigenvalue weighted by atomic mass is 16.5. The average Bonchev–Trinajstić information content (AvgIpc) is 3.39. The first-order chi connectivity index (χ1) is 21.1. The number of para-hydroxylation sites is 4. The highest BCUT2D eigenvalue weighted by Gasteiger charge is 2.42. The normalized spacial score (nSPS) is 15.1. The molecule has 0 bridgehead atoms. The van der Waals surface area contributed by atoms with Crippen LogP contribution in [0.4, 0.5) is 22.9 Å². The smallest absolute Gasteiger partial charge is 0.179 e. The highest BCUT2D eigenvalue weighted by Crippen LogP contribution is 2.51. The van der Waals surface area contributed by atoms with Crippen molar-refractivity contribution in [2.24, 2.45) is 9.98 Å². The number of fused-ring (bicyclic) bond motifs is 4. The van der Waals surface area contributed by atoms with E-state index in [-0.39, 0.29) is 6.04 Å². The molecule has 0 saturated heterocycles. The number of hydrogen-bond acceptors (Lipinski definition) is 7. The number of benzene rings is 4. The molecule has 0 spiro atoms. The molecule has 0 radical (unpaired) electrons. The Balaban J connectivity index is 1.50. The third-order valence-corrected chi connectivity index (χ3v) is 7.99. The molecule has 2 aliphatic heterocycles. The summed E-state index contributed by atoms with van der Waals surface area (Å²) < 4.78 is 13.7. The molecule has 0 saturated carbocycles. The van der Waals surface area contributed by atoms with Crippen molar-refractivity contribution in [2.75, 3.05) is 24.4 Å². The van der Waals surface area contributed by atoms with Gasteiger partial charge in [-0.1, -0.05) is 61.5 Å². The number of amidine groups is 2. The third kappa shape index (κ3) is 4.43. The average molecular weight is 569 g/mol. The SMILES string of the molecule is CCc1ccc(NC2=Nc3ccccc3N3C2=Nc2c(c(C)nn2-c2ccccc2)[C@@H]3c2cccc(OC)c2OC)cc1. The van der Waals surface area contributed by atoms with Crippen LogP contribution in [0.1, 0.15) is 35.3 Å². The summed E-state index contributed by atoms with van der Waals surface area (Å²) in [6, 6.07) is 32.4. The van der Waals surface area contributed by atoms with Gasteiger partial charge in [-0.3, -0.25) is 0 Å². The number of nitrogens with zero attached hydrogens (tertiary/aromatic N) is 5. The van der Waals surface area contributed by atoms with Crippen LogP contribution in [-0.4, -0.2) is 35.7 Å². The van der Waals surface area contributed by atoms with Crippen molar-refractivity contribution >= 4 is 34.6 Å². The molecule has 1 atom stereocenters. The molecule has 0 aliphatic carbocycles. The van der Waals surface area contributed by atoms with Gasteiger partial charge in [0.1, 0.15) is 0 Å². The fourth-order valence-corrected chi connectivity index (χ4v) is 5.93. The van der Waals surface area contributed by atoms with Crippen molar-refractivity contribution in [1.29, 1.82) is 0 Å². The van der Waals surface area contributed by atoms with Crippen LogP contribution in [0.3, 0.4) is 0 Å². The minimum atomic E-state index is -0.332. The Bertz CT molecular complexity index is 1870. The zero-order valence-corrected chi connectivity index (χ0v) is 24.6. The Kier molecular flexibility index (Phi) is 6.66. The summed E-state index contributed by atoms with van der Waals surface area (Å²) >= 11 is 0. The maximum atomic E-state index is 6.01. The van der Waals surface area contributed by atoms with Gasteiger partial charge >= 0.3 is 0 Å². The van der Waals surface area contributed by atoms with E-state index < -0.39 is 0 Å². The van der Waals surface area contributed by atoms with Gasteiger partial charge in [-0.2, -0.15) is 5.10 Å². The Morgan fingerprint density at radius 3 is 2.33 bits per heavy atom. The van der Waals surface area contributed by atoms with Crippen LogP contribution in [0.5, 0.6) is 11.5 Å². The highest BCUT2D eigenvalue weighted by molar-refractivity contribution is 6.51. The first kappa shape index (κ1) is 26.5. The van der Waals surface area contributed by atoms with E-state index in [2.05, 4.69) is 53.5 Å². The molecule has 43 heavy (non-hydrogen) atoms. The molecule has 4 aromatic carbocycles. The summed E-state index contributed by atoms with van der Waals surface area (Å²) in [6.45, 7) is 4.19. The zero-order chi connectivity index (χ0) is 29.5. The summed E-state index contributed by atoms with van der Waals surface area (Å²) in [5.74, 6) is 3.42. The fraction of sp³-hybridized carbons (Fsp3) is 0.171. The summed E-state index contributed by atoms with van der Waals surface area (Å²) in [7, 11) is 3.34. The van der Waals surface area contributed by atoms with E-state index in [1.165, 1.54) is 5.56 Å². The number of nitrogens with one attached hydrogen (secondary N) is 1. The van der Waals surface area contributed by atoms with Gasteiger partial charge < -0.3 is 19.7 Å². The molecule has 8 nitrogen and oxygen atoms in total. The third-order valence-electron chi connectivity index (χ3n) is 7.99. The molecular weight excluding hydrogens is 536 g/mol. The summed E-state index contributed by atoms with van der Waals surface area (Å²) in [4.78, 5) is 12.7. The van der Waals surface area contributed by atoms with Crippen LogP contribution in [0.25, 0.3) is 5.69 Å². The molecule has 0 amide bonds. The standard InChI is InChI=1S/C35H32N6O2/c1-5-23-18-20-24(21-19-23)36-33-35-38-34-30(22(2)39-41(34)25-12-7-6-8-13-25)31(26-14-11-17-29(42-3)32(26)43-4)40(35)28-16-10-9-15-27(28)37-33/h6-21,31H,5H2,1-4H3,(H,36,37)/t31-/m0/s1. The van der Waals surface area contributed by atoms with Gasteiger partial charge in [-0.25, -0.2) is 14.7 Å². The number of ether oxygens (including phenoxy) is 2. The largest absolute Gasteiger partial charge is 0.493 e. The number of aromatic nitrogens is 2. The summed E-state index contributed by atoms with van der Waals surface area (Å²) in [6.07, 6.45) is 0.977. The Morgan fingerprint density at radius 1 is 0.814 bits per heavy atom. The monoisotopic (exact) mass is 568 g/mol. The predicted octanol–water partition coefficient (Wildman–Crippen LogP) is 7.56. The first-order valence-corrected chi connectivity index (χ1v) is 14.4. The molecule has 1 aromatic heterocycles. The Labute approximate surface area is 251 Å². The van der Waals surface area contributed by atoms with Crippen LogP contribution in [0.15, 0.2) is 107 Å². The molecule has 2 aliphatic rings. The molecule has 5 aromatic rings. The molecule has 8 heteroatoms. The van der Waals surface area contributed by atoms with Crippen molar-refractivity contribution in [3.63, 3.8) is 0 Å². The van der Waals surface area contributed by atoms with Crippen LogP contribution in [-0.2, 0) is 6.42 Å². The van der Waals surface area contributed by atoms with Gasteiger partial charge in [-0.05, 0) is 61.4 Å². The second kappa shape index (κ2) is 10.8. The number of hydrogen-bond donors (Lipinski definition) is 1. The van der Waals surface area contributed by atoms with E-state index in [1.807, 2.05) is 72.3 Å². The Hall–Kier alpha value is -5.37. The van der Waals surface area contributed by atoms with E-state index in [9.17, 15) is 0 Å². The van der Waals surface area contributed by atoms with E-state index >= 15 is 0 Å². The zero-order valence-electron chi connectivity index (χ0n) is 24.6. The van der Waals surface area contributed by atoms with Gasteiger partial charge in [0.2, 0.25) is 0 Å². The molecule has 0 fully saturated rings. The molecular formula is C35H32N6O2. The van der Waals surface area contributed by atoms with Gasteiger partial charge in [0, 0.05) is 16.8 Å².